The van der Waals surface area contributed by atoms with E-state index >= 15 is 0 Å². The molecular weight excluding hydrogens is 153 g/mol. The van der Waals surface area contributed by atoms with Crippen LogP contribution < -0.4 is 0 Å². The van der Waals surface area contributed by atoms with Crippen LogP contribution in [0.2, 0.25) is 0 Å². The van der Waals surface area contributed by atoms with Crippen molar-refractivity contribution in [2.45, 2.75) is 13.3 Å². The number of halogens is 3. The molecule has 0 aliphatic heterocycles. The Balaban J connectivity index is 3.05. The SMILES string of the molecule is Cc1ccc(C(F)F)cc1F. The van der Waals surface area contributed by atoms with E-state index in [1.54, 1.807) is 0 Å². The molecule has 0 spiro atoms. The van der Waals surface area contributed by atoms with E-state index in [0.717, 1.165) is 6.07 Å². The highest BCUT2D eigenvalue weighted by atomic mass is 19.3. The molecule has 0 amide bonds. The third-order valence-electron chi connectivity index (χ3n) is 1.45. The highest BCUT2D eigenvalue weighted by Crippen LogP contribution is 2.20. The molecule has 3 heteroatoms. The van der Waals surface area contributed by atoms with E-state index in [1.165, 1.54) is 19.1 Å². The smallest absolute Gasteiger partial charge is 0.207 e. The molecule has 0 N–H and O–H groups in total. The van der Waals surface area contributed by atoms with Crippen molar-refractivity contribution >= 4 is 0 Å². The Morgan fingerprint density at radius 1 is 1.27 bits per heavy atom. The molecule has 0 saturated carbocycles. The largest absolute Gasteiger partial charge is 0.263 e. The Hall–Kier alpha value is -0.990. The first kappa shape index (κ1) is 8.11. The van der Waals surface area contributed by atoms with Crippen LogP contribution in [0, 0.1) is 12.7 Å². The van der Waals surface area contributed by atoms with Crippen LogP contribution in [0.15, 0.2) is 18.2 Å². The van der Waals surface area contributed by atoms with Crippen LogP contribution in [0.5, 0.6) is 0 Å². The highest BCUT2D eigenvalue weighted by molar-refractivity contribution is 5.23. The minimum atomic E-state index is -2.59. The Morgan fingerprint density at radius 2 is 1.91 bits per heavy atom. The van der Waals surface area contributed by atoms with Crippen LogP contribution in [0.1, 0.15) is 17.6 Å². The third-order valence-corrected chi connectivity index (χ3v) is 1.45. The van der Waals surface area contributed by atoms with Gasteiger partial charge in [-0.05, 0) is 18.6 Å². The summed E-state index contributed by atoms with van der Waals surface area (Å²) in [6, 6.07) is 3.43. The number of benzene rings is 1. The number of hydrogen-bond acceptors (Lipinski definition) is 0. The maximum atomic E-state index is 12.6. The van der Waals surface area contributed by atoms with Gasteiger partial charge in [0.25, 0.3) is 6.43 Å². The quantitative estimate of drug-likeness (QED) is 0.592. The second-order valence-electron chi connectivity index (χ2n) is 2.31. The normalized spacial score (nSPS) is 10.6. The van der Waals surface area contributed by atoms with Gasteiger partial charge in [0.2, 0.25) is 0 Å². The van der Waals surface area contributed by atoms with E-state index < -0.39 is 12.2 Å². The van der Waals surface area contributed by atoms with Crippen LogP contribution in [-0.2, 0) is 0 Å². The lowest BCUT2D eigenvalue weighted by Crippen LogP contribution is -1.87. The Kier molecular flexibility index (Phi) is 2.17. The molecular formula is C8H7F3. The predicted octanol–water partition coefficient (Wildman–Crippen LogP) is 3.07. The van der Waals surface area contributed by atoms with Gasteiger partial charge in [-0.3, -0.25) is 0 Å². The van der Waals surface area contributed by atoms with Crippen molar-refractivity contribution in [2.24, 2.45) is 0 Å². The lowest BCUT2D eigenvalue weighted by molar-refractivity contribution is 0.151. The lowest BCUT2D eigenvalue weighted by atomic mass is 10.1. The standard InChI is InChI=1S/C8H7F3/c1-5-2-3-6(8(10)11)4-7(5)9/h2-4,8H,1H3. The van der Waals surface area contributed by atoms with Gasteiger partial charge in [0, 0.05) is 5.56 Å². The first-order valence-corrected chi connectivity index (χ1v) is 3.15. The summed E-state index contributed by atoms with van der Waals surface area (Å²) in [5, 5.41) is 0. The van der Waals surface area contributed by atoms with E-state index in [9.17, 15) is 13.2 Å². The van der Waals surface area contributed by atoms with Gasteiger partial charge in [-0.25, -0.2) is 13.2 Å². The molecule has 60 valence electrons. The van der Waals surface area contributed by atoms with Gasteiger partial charge in [-0.2, -0.15) is 0 Å². The van der Waals surface area contributed by atoms with E-state index in [1.807, 2.05) is 0 Å². The van der Waals surface area contributed by atoms with Crippen LogP contribution in [0.4, 0.5) is 13.2 Å². The summed E-state index contributed by atoms with van der Waals surface area (Å²) in [4.78, 5) is 0. The molecule has 0 atom stereocenters. The topological polar surface area (TPSA) is 0 Å². The molecule has 0 unspecified atom stereocenters. The maximum Gasteiger partial charge on any atom is 0.263 e. The van der Waals surface area contributed by atoms with Crippen LogP contribution in [0.3, 0.4) is 0 Å². The van der Waals surface area contributed by atoms with Crippen molar-refractivity contribution in [1.82, 2.24) is 0 Å². The van der Waals surface area contributed by atoms with Crippen LogP contribution >= 0.6 is 0 Å². The van der Waals surface area contributed by atoms with Crippen molar-refractivity contribution < 1.29 is 13.2 Å². The van der Waals surface area contributed by atoms with Crippen LogP contribution in [-0.4, -0.2) is 0 Å². The zero-order valence-corrected chi connectivity index (χ0v) is 5.94. The summed E-state index contributed by atoms with van der Waals surface area (Å²) in [5.74, 6) is -0.581. The Morgan fingerprint density at radius 3 is 2.36 bits per heavy atom. The molecule has 0 aromatic heterocycles. The molecule has 0 saturated heterocycles. The third kappa shape index (κ3) is 1.73. The van der Waals surface area contributed by atoms with E-state index in [2.05, 4.69) is 0 Å². The van der Waals surface area contributed by atoms with Gasteiger partial charge in [0.05, 0.1) is 0 Å². The van der Waals surface area contributed by atoms with Gasteiger partial charge in [-0.15, -0.1) is 0 Å². The Labute approximate surface area is 62.7 Å². The van der Waals surface area contributed by atoms with Crippen molar-refractivity contribution in [3.05, 3.63) is 35.1 Å². The van der Waals surface area contributed by atoms with E-state index in [4.69, 9.17) is 0 Å². The zero-order valence-electron chi connectivity index (χ0n) is 5.94. The number of rotatable bonds is 1. The number of alkyl halides is 2. The molecule has 0 fully saturated rings. The summed E-state index contributed by atoms with van der Waals surface area (Å²) < 4.78 is 36.4. The fourth-order valence-corrected chi connectivity index (χ4v) is 0.745. The molecule has 0 bridgehead atoms. The molecule has 0 radical (unpaired) electrons. The molecule has 0 nitrogen and oxygen atoms in total. The lowest BCUT2D eigenvalue weighted by Gasteiger charge is -2.00. The summed E-state index contributed by atoms with van der Waals surface area (Å²) in [6.07, 6.45) is -2.59. The average molecular weight is 160 g/mol. The fourth-order valence-electron chi connectivity index (χ4n) is 0.745. The minimum Gasteiger partial charge on any atom is -0.207 e. The van der Waals surface area contributed by atoms with Crippen molar-refractivity contribution in [3.63, 3.8) is 0 Å². The summed E-state index contributed by atoms with van der Waals surface area (Å²) in [6.45, 7) is 1.53. The summed E-state index contributed by atoms with van der Waals surface area (Å²) >= 11 is 0. The second kappa shape index (κ2) is 2.95. The number of aryl methyl sites for hydroxylation is 1. The van der Waals surface area contributed by atoms with Crippen molar-refractivity contribution in [1.29, 1.82) is 0 Å². The molecule has 11 heavy (non-hydrogen) atoms. The van der Waals surface area contributed by atoms with Crippen molar-refractivity contribution in [2.75, 3.05) is 0 Å². The molecule has 0 heterocycles. The first-order chi connectivity index (χ1) is 5.11. The molecule has 1 rings (SSSR count). The first-order valence-electron chi connectivity index (χ1n) is 3.15. The van der Waals surface area contributed by atoms with E-state index in [0.29, 0.717) is 5.56 Å². The molecule has 0 aliphatic carbocycles. The summed E-state index contributed by atoms with van der Waals surface area (Å²) in [7, 11) is 0. The predicted molar refractivity (Wildman–Crippen MR) is 36.1 cm³/mol. The molecule has 1 aromatic rings. The second-order valence-corrected chi connectivity index (χ2v) is 2.31. The minimum absolute atomic E-state index is 0.270. The van der Waals surface area contributed by atoms with Gasteiger partial charge in [0.15, 0.2) is 0 Å². The number of hydrogen-bond donors (Lipinski definition) is 0. The van der Waals surface area contributed by atoms with Gasteiger partial charge >= 0.3 is 0 Å². The van der Waals surface area contributed by atoms with Gasteiger partial charge in [0.1, 0.15) is 5.82 Å². The highest BCUT2D eigenvalue weighted by Gasteiger charge is 2.07. The zero-order chi connectivity index (χ0) is 8.43. The van der Waals surface area contributed by atoms with Crippen molar-refractivity contribution in [3.8, 4) is 0 Å². The summed E-state index contributed by atoms with van der Waals surface area (Å²) in [5.41, 5.74) is 0.113. The molecule has 1 aromatic carbocycles. The Bertz CT molecular complexity index is 256. The van der Waals surface area contributed by atoms with Crippen LogP contribution in [0.25, 0.3) is 0 Å². The molecule has 0 aliphatic rings. The van der Waals surface area contributed by atoms with Gasteiger partial charge < -0.3 is 0 Å². The van der Waals surface area contributed by atoms with E-state index in [-0.39, 0.29) is 5.56 Å². The average Bonchev–Trinajstić information content (AvgIpc) is 1.94. The maximum absolute atomic E-state index is 12.6. The fraction of sp³-hybridized carbons (Fsp3) is 0.250. The van der Waals surface area contributed by atoms with Gasteiger partial charge in [-0.1, -0.05) is 12.1 Å². The monoisotopic (exact) mass is 160 g/mol.